The van der Waals surface area contributed by atoms with Gasteiger partial charge in [-0.1, -0.05) is 12.1 Å². The van der Waals surface area contributed by atoms with Crippen molar-refractivity contribution in [2.45, 2.75) is 26.2 Å². The van der Waals surface area contributed by atoms with Gasteiger partial charge in [-0.2, -0.15) is 0 Å². The normalized spacial score (nSPS) is 22.4. The largest absolute Gasteiger partial charge is 0.339 e. The summed E-state index contributed by atoms with van der Waals surface area (Å²) in [6.45, 7) is 6.60. The number of aryl methyl sites for hydroxylation is 2. The van der Waals surface area contributed by atoms with Crippen molar-refractivity contribution in [1.82, 2.24) is 9.80 Å². The second-order valence-electron chi connectivity index (χ2n) is 7.38. The smallest absolute Gasteiger partial charge is 0.253 e. The molecule has 4 nitrogen and oxygen atoms in total. The quantitative estimate of drug-likeness (QED) is 0.832. The van der Waals surface area contributed by atoms with Crippen LogP contribution in [0.3, 0.4) is 0 Å². The molecule has 1 aliphatic heterocycles. The first-order chi connectivity index (χ1) is 12.5. The second-order valence-corrected chi connectivity index (χ2v) is 8.36. The molecule has 0 radical (unpaired) electrons. The Morgan fingerprint density at radius 3 is 2.38 bits per heavy atom. The summed E-state index contributed by atoms with van der Waals surface area (Å²) in [6.07, 6.45) is 0.973. The molecular formula is C21H24N2O2S. The van der Waals surface area contributed by atoms with E-state index in [1.54, 1.807) is 11.3 Å². The van der Waals surface area contributed by atoms with Crippen molar-refractivity contribution in [2.75, 3.05) is 26.2 Å². The minimum atomic E-state index is 0.0723. The monoisotopic (exact) mass is 368 g/mol. The lowest BCUT2D eigenvalue weighted by Gasteiger charge is -2.35. The first kappa shape index (κ1) is 17.3. The molecule has 2 fully saturated rings. The number of carbonyl (C=O) groups is 2. The summed E-state index contributed by atoms with van der Waals surface area (Å²) in [6, 6.07) is 10.0. The maximum atomic E-state index is 12.7. The van der Waals surface area contributed by atoms with E-state index in [0.29, 0.717) is 32.1 Å². The zero-order valence-corrected chi connectivity index (χ0v) is 16.1. The van der Waals surface area contributed by atoms with Gasteiger partial charge >= 0.3 is 0 Å². The molecule has 2 atom stereocenters. The van der Waals surface area contributed by atoms with Gasteiger partial charge in [0.1, 0.15) is 0 Å². The maximum absolute atomic E-state index is 12.7. The molecule has 1 aliphatic carbocycles. The van der Waals surface area contributed by atoms with Crippen molar-refractivity contribution in [3.63, 3.8) is 0 Å². The minimum absolute atomic E-state index is 0.0723. The number of piperazine rings is 1. The predicted molar refractivity (Wildman–Crippen MR) is 104 cm³/mol. The fourth-order valence-electron chi connectivity index (χ4n) is 3.71. The molecule has 2 amide bonds. The van der Waals surface area contributed by atoms with E-state index in [1.807, 2.05) is 34.9 Å². The predicted octanol–water partition coefficient (Wildman–Crippen LogP) is 3.45. The number of nitrogens with zero attached hydrogens (tertiary/aromatic N) is 2. The summed E-state index contributed by atoms with van der Waals surface area (Å²) in [5, 5.41) is 2.08. The van der Waals surface area contributed by atoms with Gasteiger partial charge in [0, 0.05) is 48.5 Å². The number of hydrogen-bond donors (Lipinski definition) is 0. The number of hydrogen-bond acceptors (Lipinski definition) is 3. The fourth-order valence-corrected chi connectivity index (χ4v) is 4.61. The van der Waals surface area contributed by atoms with Crippen LogP contribution < -0.4 is 0 Å². The summed E-state index contributed by atoms with van der Waals surface area (Å²) in [4.78, 5) is 30.6. The molecule has 2 unspecified atom stereocenters. The molecule has 0 spiro atoms. The molecule has 4 rings (SSSR count). The zero-order valence-electron chi connectivity index (χ0n) is 15.3. The van der Waals surface area contributed by atoms with Crippen LogP contribution >= 0.6 is 11.3 Å². The SMILES string of the molecule is Cc1ccc(C(=O)N2CCN(C(=O)C3CC3c3cccs3)CC2)cc1C. The molecule has 0 N–H and O–H groups in total. The van der Waals surface area contributed by atoms with Crippen molar-refractivity contribution in [3.8, 4) is 0 Å². The number of carbonyl (C=O) groups excluding carboxylic acids is 2. The molecule has 1 aromatic heterocycles. The topological polar surface area (TPSA) is 40.6 Å². The lowest BCUT2D eigenvalue weighted by molar-refractivity contribution is -0.134. The van der Waals surface area contributed by atoms with Crippen molar-refractivity contribution in [3.05, 3.63) is 57.3 Å². The molecule has 0 bridgehead atoms. The Bertz CT molecular complexity index is 823. The molecule has 1 saturated carbocycles. The van der Waals surface area contributed by atoms with E-state index in [-0.39, 0.29) is 17.7 Å². The Labute approximate surface area is 158 Å². The van der Waals surface area contributed by atoms with Crippen molar-refractivity contribution < 1.29 is 9.59 Å². The van der Waals surface area contributed by atoms with Crippen LogP contribution in [0.4, 0.5) is 0 Å². The Hall–Kier alpha value is -2.14. The molecule has 1 aromatic carbocycles. The van der Waals surface area contributed by atoms with E-state index in [0.717, 1.165) is 17.5 Å². The van der Waals surface area contributed by atoms with Crippen LogP contribution in [0, 0.1) is 19.8 Å². The summed E-state index contributed by atoms with van der Waals surface area (Å²) in [5.74, 6) is 0.901. The molecule has 1 saturated heterocycles. The molecule has 2 heterocycles. The van der Waals surface area contributed by atoms with Gasteiger partial charge in [0.2, 0.25) is 5.91 Å². The Kier molecular flexibility index (Phi) is 4.57. The Morgan fingerprint density at radius 1 is 1.00 bits per heavy atom. The fraction of sp³-hybridized carbons (Fsp3) is 0.429. The van der Waals surface area contributed by atoms with Crippen LogP contribution in [-0.2, 0) is 4.79 Å². The molecule has 5 heteroatoms. The summed E-state index contributed by atoms with van der Waals surface area (Å²) in [7, 11) is 0. The van der Waals surface area contributed by atoms with Gasteiger partial charge in [-0.05, 0) is 55.0 Å². The Balaban J connectivity index is 1.33. The number of benzene rings is 1. The summed E-state index contributed by atoms with van der Waals surface area (Å²) in [5.41, 5.74) is 3.08. The third kappa shape index (κ3) is 3.28. The van der Waals surface area contributed by atoms with E-state index < -0.39 is 0 Å². The summed E-state index contributed by atoms with van der Waals surface area (Å²) < 4.78 is 0. The van der Waals surface area contributed by atoms with Crippen molar-refractivity contribution in [2.24, 2.45) is 5.92 Å². The zero-order chi connectivity index (χ0) is 18.3. The van der Waals surface area contributed by atoms with Crippen molar-refractivity contribution >= 4 is 23.2 Å². The lowest BCUT2D eigenvalue weighted by Crippen LogP contribution is -2.51. The van der Waals surface area contributed by atoms with Gasteiger partial charge in [0.25, 0.3) is 5.91 Å². The van der Waals surface area contributed by atoms with Crippen LogP contribution in [0.15, 0.2) is 35.7 Å². The van der Waals surface area contributed by atoms with Gasteiger partial charge in [-0.3, -0.25) is 9.59 Å². The molecule has 2 aromatic rings. The highest BCUT2D eigenvalue weighted by molar-refractivity contribution is 7.10. The first-order valence-corrected chi connectivity index (χ1v) is 10.1. The highest BCUT2D eigenvalue weighted by Gasteiger charge is 2.46. The van der Waals surface area contributed by atoms with Crippen LogP contribution in [0.5, 0.6) is 0 Å². The van der Waals surface area contributed by atoms with E-state index >= 15 is 0 Å². The van der Waals surface area contributed by atoms with Crippen LogP contribution in [0.2, 0.25) is 0 Å². The van der Waals surface area contributed by atoms with Crippen molar-refractivity contribution in [1.29, 1.82) is 0 Å². The highest BCUT2D eigenvalue weighted by Crippen LogP contribution is 2.50. The van der Waals surface area contributed by atoms with E-state index in [9.17, 15) is 9.59 Å². The lowest BCUT2D eigenvalue weighted by atomic mass is 10.1. The number of thiophene rings is 1. The maximum Gasteiger partial charge on any atom is 0.253 e. The average molecular weight is 369 g/mol. The minimum Gasteiger partial charge on any atom is -0.339 e. The molecule has 136 valence electrons. The number of amides is 2. The Morgan fingerprint density at radius 2 is 1.73 bits per heavy atom. The highest BCUT2D eigenvalue weighted by atomic mass is 32.1. The second kappa shape index (κ2) is 6.88. The van der Waals surface area contributed by atoms with Crippen LogP contribution in [0.1, 0.15) is 38.7 Å². The van der Waals surface area contributed by atoms with E-state index in [2.05, 4.69) is 24.4 Å². The van der Waals surface area contributed by atoms with E-state index in [4.69, 9.17) is 0 Å². The van der Waals surface area contributed by atoms with Crippen LogP contribution in [0.25, 0.3) is 0 Å². The van der Waals surface area contributed by atoms with Gasteiger partial charge in [0.15, 0.2) is 0 Å². The van der Waals surface area contributed by atoms with Gasteiger partial charge in [-0.15, -0.1) is 11.3 Å². The molecular weight excluding hydrogens is 344 g/mol. The molecule has 2 aliphatic rings. The standard InChI is InChI=1S/C21H24N2O2S/c1-14-5-6-16(12-15(14)2)20(24)22-7-9-23(10-8-22)21(25)18-13-17(18)19-4-3-11-26-19/h3-6,11-12,17-18H,7-10,13H2,1-2H3. The van der Waals surface area contributed by atoms with Gasteiger partial charge in [-0.25, -0.2) is 0 Å². The molecule has 26 heavy (non-hydrogen) atoms. The third-order valence-electron chi connectivity index (χ3n) is 5.65. The van der Waals surface area contributed by atoms with Gasteiger partial charge < -0.3 is 9.80 Å². The summed E-state index contributed by atoms with van der Waals surface area (Å²) >= 11 is 1.74. The number of rotatable bonds is 3. The third-order valence-corrected chi connectivity index (χ3v) is 6.65. The van der Waals surface area contributed by atoms with Crippen LogP contribution in [-0.4, -0.2) is 47.8 Å². The first-order valence-electron chi connectivity index (χ1n) is 9.23. The van der Waals surface area contributed by atoms with E-state index in [1.165, 1.54) is 10.4 Å². The van der Waals surface area contributed by atoms with Gasteiger partial charge in [0.05, 0.1) is 0 Å². The average Bonchev–Trinajstić information content (AvgIpc) is 3.27.